The largest absolute Gasteiger partial charge is 0.493 e. The number of carbonyl (C=O) groups excluding carboxylic acids is 2. The Morgan fingerprint density at radius 1 is 0.882 bits per heavy atom. The highest BCUT2D eigenvalue weighted by atomic mass is 19.1. The van der Waals surface area contributed by atoms with Crippen molar-refractivity contribution < 1.29 is 18.7 Å². The Morgan fingerprint density at radius 3 is 2.18 bits per heavy atom. The van der Waals surface area contributed by atoms with Gasteiger partial charge in [-0.25, -0.2) is 4.39 Å². The van der Waals surface area contributed by atoms with Crippen molar-refractivity contribution >= 4 is 23.1 Å². The average Bonchev–Trinajstić information content (AvgIpc) is 3.09. The zero-order valence-electron chi connectivity index (χ0n) is 19.5. The van der Waals surface area contributed by atoms with Crippen molar-refractivity contribution in [1.82, 2.24) is 4.90 Å². The highest BCUT2D eigenvalue weighted by Crippen LogP contribution is 2.35. The minimum absolute atomic E-state index is 0.143. The molecule has 1 aliphatic heterocycles. The molecule has 0 fully saturated rings. The number of imide groups is 1. The molecule has 6 heteroatoms. The number of nitrogens with zero attached hydrogens (tertiary/aromatic N) is 2. The number of hydrogen-bond acceptors (Lipinski definition) is 4. The van der Waals surface area contributed by atoms with Crippen molar-refractivity contribution in [3.8, 4) is 5.75 Å². The fourth-order valence-corrected chi connectivity index (χ4v) is 3.84. The summed E-state index contributed by atoms with van der Waals surface area (Å²) in [6.07, 6.45) is 0. The molecule has 1 aliphatic rings. The molecule has 0 atom stereocenters. The Balaban J connectivity index is 1.73. The number of benzene rings is 3. The molecular formula is C28H27FN2O3. The van der Waals surface area contributed by atoms with Gasteiger partial charge in [0.25, 0.3) is 11.8 Å². The lowest BCUT2D eigenvalue weighted by Gasteiger charge is -2.21. The number of likely N-dealkylation sites (N-methyl/N-ethyl adjacent to an activating group) is 1. The summed E-state index contributed by atoms with van der Waals surface area (Å²) in [6.45, 7) is 4.57. The second kappa shape index (κ2) is 9.91. The van der Waals surface area contributed by atoms with Crippen LogP contribution in [0.3, 0.4) is 0 Å². The maximum atomic E-state index is 14.3. The van der Waals surface area contributed by atoms with Gasteiger partial charge in [-0.1, -0.05) is 62.4 Å². The molecule has 0 aromatic heterocycles. The van der Waals surface area contributed by atoms with E-state index in [9.17, 15) is 14.0 Å². The molecule has 0 spiro atoms. The van der Waals surface area contributed by atoms with Crippen LogP contribution in [0, 0.1) is 11.7 Å². The van der Waals surface area contributed by atoms with Crippen LogP contribution in [-0.4, -0.2) is 30.4 Å². The summed E-state index contributed by atoms with van der Waals surface area (Å²) >= 11 is 0. The number of para-hydroxylation sites is 1. The highest BCUT2D eigenvalue weighted by Gasteiger charge is 2.41. The normalized spacial score (nSPS) is 13.7. The van der Waals surface area contributed by atoms with Crippen LogP contribution in [0.4, 0.5) is 10.1 Å². The molecule has 1 heterocycles. The van der Waals surface area contributed by atoms with Crippen molar-refractivity contribution in [3.63, 3.8) is 0 Å². The molecular weight excluding hydrogens is 431 g/mol. The monoisotopic (exact) mass is 458 g/mol. The summed E-state index contributed by atoms with van der Waals surface area (Å²) in [4.78, 5) is 29.9. The number of anilines is 1. The lowest BCUT2D eigenvalue weighted by Crippen LogP contribution is -2.34. The Hall–Kier alpha value is -3.93. The Kier molecular flexibility index (Phi) is 6.77. The Morgan fingerprint density at radius 2 is 1.53 bits per heavy atom. The van der Waals surface area contributed by atoms with Gasteiger partial charge in [0.05, 0.1) is 18.7 Å². The van der Waals surface area contributed by atoms with Gasteiger partial charge < -0.3 is 9.64 Å². The lowest BCUT2D eigenvalue weighted by molar-refractivity contribution is -0.137. The van der Waals surface area contributed by atoms with Gasteiger partial charge in [0.15, 0.2) is 0 Å². The molecule has 4 rings (SSSR count). The van der Waals surface area contributed by atoms with E-state index in [4.69, 9.17) is 4.74 Å². The standard InChI is InChI=1S/C28H27FN2O3/c1-19(2)18-34-23-15-13-20(14-16-23)25-26(30(3)22-10-5-4-6-11-22)28(33)31(27(25)32)17-21-9-7-8-12-24(21)29/h4-16,19H,17-18H2,1-3H3. The summed E-state index contributed by atoms with van der Waals surface area (Å²) in [5.74, 6) is -0.303. The van der Waals surface area contributed by atoms with Crippen molar-refractivity contribution in [2.45, 2.75) is 20.4 Å². The molecule has 5 nitrogen and oxygen atoms in total. The summed E-state index contributed by atoms with van der Waals surface area (Å²) in [5.41, 5.74) is 2.18. The van der Waals surface area contributed by atoms with E-state index in [0.717, 1.165) is 10.6 Å². The summed E-state index contributed by atoms with van der Waals surface area (Å²) in [7, 11) is 1.75. The quantitative estimate of drug-likeness (QED) is 0.431. The Bertz CT molecular complexity index is 1220. The fraction of sp³-hybridized carbons (Fsp3) is 0.214. The van der Waals surface area contributed by atoms with Crippen LogP contribution < -0.4 is 9.64 Å². The number of carbonyl (C=O) groups is 2. The minimum atomic E-state index is -0.463. The summed E-state index contributed by atoms with van der Waals surface area (Å²) < 4.78 is 20.1. The third kappa shape index (κ3) is 4.71. The molecule has 0 bridgehead atoms. The van der Waals surface area contributed by atoms with Gasteiger partial charge in [0.1, 0.15) is 17.3 Å². The first-order valence-corrected chi connectivity index (χ1v) is 11.2. The van der Waals surface area contributed by atoms with E-state index in [1.807, 2.05) is 30.3 Å². The maximum absolute atomic E-state index is 14.3. The first kappa shape index (κ1) is 23.2. The van der Waals surface area contributed by atoms with Crippen LogP contribution in [0.5, 0.6) is 5.75 Å². The molecule has 0 saturated carbocycles. The predicted octanol–water partition coefficient (Wildman–Crippen LogP) is 5.28. The van der Waals surface area contributed by atoms with Gasteiger partial charge in [-0.15, -0.1) is 0 Å². The molecule has 3 aromatic rings. The number of ether oxygens (including phenoxy) is 1. The molecule has 0 aliphatic carbocycles. The van der Waals surface area contributed by atoms with Gasteiger partial charge in [0.2, 0.25) is 0 Å². The first-order chi connectivity index (χ1) is 16.4. The van der Waals surface area contributed by atoms with Gasteiger partial charge in [-0.3, -0.25) is 14.5 Å². The van der Waals surface area contributed by atoms with Crippen LogP contribution in [0.25, 0.3) is 5.57 Å². The highest BCUT2D eigenvalue weighted by molar-refractivity contribution is 6.36. The average molecular weight is 459 g/mol. The molecule has 174 valence electrons. The molecule has 0 N–H and O–H groups in total. The van der Waals surface area contributed by atoms with Crippen molar-refractivity contribution in [3.05, 3.63) is 102 Å². The topological polar surface area (TPSA) is 49.9 Å². The zero-order valence-corrected chi connectivity index (χ0v) is 19.5. The van der Waals surface area contributed by atoms with E-state index in [0.29, 0.717) is 23.8 Å². The third-order valence-electron chi connectivity index (χ3n) is 5.64. The molecule has 0 saturated heterocycles. The summed E-state index contributed by atoms with van der Waals surface area (Å²) in [6, 6.07) is 22.7. The molecule has 0 unspecified atom stereocenters. The van der Waals surface area contributed by atoms with E-state index in [1.54, 1.807) is 54.4 Å². The van der Waals surface area contributed by atoms with E-state index in [2.05, 4.69) is 13.8 Å². The SMILES string of the molecule is CC(C)COc1ccc(C2=C(N(C)c3ccccc3)C(=O)N(Cc3ccccc3F)C2=O)cc1. The number of amides is 2. The minimum Gasteiger partial charge on any atom is -0.493 e. The third-order valence-corrected chi connectivity index (χ3v) is 5.64. The van der Waals surface area contributed by atoms with E-state index in [-0.39, 0.29) is 23.4 Å². The van der Waals surface area contributed by atoms with Crippen molar-refractivity contribution in [2.75, 3.05) is 18.6 Å². The fourth-order valence-electron chi connectivity index (χ4n) is 3.84. The number of rotatable bonds is 8. The number of hydrogen-bond donors (Lipinski definition) is 0. The van der Waals surface area contributed by atoms with Crippen molar-refractivity contribution in [1.29, 1.82) is 0 Å². The Labute approximate surface area is 199 Å². The van der Waals surface area contributed by atoms with Crippen LogP contribution in [0.15, 0.2) is 84.6 Å². The zero-order chi connectivity index (χ0) is 24.2. The summed E-state index contributed by atoms with van der Waals surface area (Å²) in [5, 5.41) is 0. The predicted molar refractivity (Wildman–Crippen MR) is 130 cm³/mol. The van der Waals surface area contributed by atoms with Crippen LogP contribution in [0.1, 0.15) is 25.0 Å². The van der Waals surface area contributed by atoms with Crippen LogP contribution in [-0.2, 0) is 16.1 Å². The van der Waals surface area contributed by atoms with Gasteiger partial charge in [-0.2, -0.15) is 0 Å². The lowest BCUT2D eigenvalue weighted by atomic mass is 10.0. The molecule has 3 aromatic carbocycles. The second-order valence-corrected chi connectivity index (χ2v) is 8.64. The number of halogens is 1. The van der Waals surface area contributed by atoms with E-state index in [1.165, 1.54) is 6.07 Å². The molecule has 34 heavy (non-hydrogen) atoms. The molecule has 2 amide bonds. The van der Waals surface area contributed by atoms with Crippen LogP contribution >= 0.6 is 0 Å². The first-order valence-electron chi connectivity index (χ1n) is 11.2. The smallest absolute Gasteiger partial charge is 0.278 e. The van der Waals surface area contributed by atoms with Gasteiger partial charge >= 0.3 is 0 Å². The van der Waals surface area contributed by atoms with E-state index >= 15 is 0 Å². The van der Waals surface area contributed by atoms with Gasteiger partial charge in [0, 0.05) is 18.3 Å². The van der Waals surface area contributed by atoms with Crippen LogP contribution in [0.2, 0.25) is 0 Å². The van der Waals surface area contributed by atoms with Gasteiger partial charge in [-0.05, 0) is 41.8 Å². The van der Waals surface area contributed by atoms with E-state index < -0.39 is 17.6 Å². The second-order valence-electron chi connectivity index (χ2n) is 8.64. The maximum Gasteiger partial charge on any atom is 0.278 e. The van der Waals surface area contributed by atoms with Crippen molar-refractivity contribution in [2.24, 2.45) is 5.92 Å². The molecule has 0 radical (unpaired) electrons.